The SMILES string of the molecule is CCc1nn(C)c(COc2cc(N)ccc2C(N)=O)c1Br. The maximum atomic E-state index is 11.4. The summed E-state index contributed by atoms with van der Waals surface area (Å²) in [6.07, 6.45) is 0.819. The summed E-state index contributed by atoms with van der Waals surface area (Å²) in [5, 5.41) is 4.39. The van der Waals surface area contributed by atoms with E-state index in [1.807, 2.05) is 14.0 Å². The van der Waals surface area contributed by atoms with Crippen LogP contribution >= 0.6 is 15.9 Å². The highest BCUT2D eigenvalue weighted by Gasteiger charge is 2.15. The monoisotopic (exact) mass is 352 g/mol. The quantitative estimate of drug-likeness (QED) is 0.804. The van der Waals surface area contributed by atoms with Gasteiger partial charge in [0.15, 0.2) is 0 Å². The Balaban J connectivity index is 2.26. The molecule has 0 radical (unpaired) electrons. The van der Waals surface area contributed by atoms with Gasteiger partial charge in [-0.15, -0.1) is 0 Å². The highest BCUT2D eigenvalue weighted by Crippen LogP contribution is 2.26. The molecule has 21 heavy (non-hydrogen) atoms. The van der Waals surface area contributed by atoms with Crippen LogP contribution < -0.4 is 16.2 Å². The summed E-state index contributed by atoms with van der Waals surface area (Å²) in [6, 6.07) is 4.76. The molecule has 0 fully saturated rings. The smallest absolute Gasteiger partial charge is 0.252 e. The van der Waals surface area contributed by atoms with Crippen molar-refractivity contribution in [1.82, 2.24) is 9.78 Å². The molecule has 0 unspecified atom stereocenters. The van der Waals surface area contributed by atoms with E-state index in [-0.39, 0.29) is 6.61 Å². The third-order valence-corrected chi connectivity index (χ3v) is 4.05. The van der Waals surface area contributed by atoms with Crippen molar-refractivity contribution < 1.29 is 9.53 Å². The molecule has 7 heteroatoms. The molecular weight excluding hydrogens is 336 g/mol. The van der Waals surface area contributed by atoms with Crippen molar-refractivity contribution in [3.05, 3.63) is 39.6 Å². The number of hydrogen-bond acceptors (Lipinski definition) is 4. The van der Waals surface area contributed by atoms with Crippen LogP contribution in [-0.2, 0) is 20.1 Å². The number of primary amides is 1. The summed E-state index contributed by atoms with van der Waals surface area (Å²) >= 11 is 3.52. The normalized spacial score (nSPS) is 10.6. The second-order valence-electron chi connectivity index (χ2n) is 4.59. The first kappa shape index (κ1) is 15.4. The maximum absolute atomic E-state index is 11.4. The molecule has 6 nitrogen and oxygen atoms in total. The van der Waals surface area contributed by atoms with Crippen LogP contribution in [0.2, 0.25) is 0 Å². The van der Waals surface area contributed by atoms with Gasteiger partial charge in [-0.25, -0.2) is 0 Å². The lowest BCUT2D eigenvalue weighted by Gasteiger charge is -2.11. The molecule has 1 aromatic heterocycles. The highest BCUT2D eigenvalue weighted by molar-refractivity contribution is 9.10. The molecule has 1 aromatic carbocycles. The molecule has 0 aliphatic rings. The summed E-state index contributed by atoms with van der Waals surface area (Å²) in [5.41, 5.74) is 13.7. The zero-order valence-corrected chi connectivity index (χ0v) is 13.5. The van der Waals surface area contributed by atoms with Crippen molar-refractivity contribution >= 4 is 27.5 Å². The van der Waals surface area contributed by atoms with Gasteiger partial charge in [0.1, 0.15) is 12.4 Å². The molecular formula is C14H17BrN4O2. The predicted octanol–water partition coefficient (Wildman–Crippen LogP) is 2.01. The molecule has 0 spiro atoms. The third kappa shape index (κ3) is 3.18. The van der Waals surface area contributed by atoms with Gasteiger partial charge < -0.3 is 16.2 Å². The topological polar surface area (TPSA) is 96.2 Å². The second-order valence-corrected chi connectivity index (χ2v) is 5.39. The molecule has 0 bridgehead atoms. The Morgan fingerprint density at radius 2 is 2.19 bits per heavy atom. The standard InChI is InChI=1S/C14H17BrN4O2/c1-3-10-13(15)11(19(2)18-10)7-21-12-6-8(16)4-5-9(12)14(17)20/h4-6H,3,7,16H2,1-2H3,(H2,17,20). The number of carbonyl (C=O) groups is 1. The Morgan fingerprint density at radius 3 is 2.76 bits per heavy atom. The van der Waals surface area contributed by atoms with Gasteiger partial charge in [-0.1, -0.05) is 6.92 Å². The summed E-state index contributed by atoms with van der Waals surface area (Å²) in [7, 11) is 1.84. The number of carbonyl (C=O) groups excluding carboxylic acids is 1. The van der Waals surface area contributed by atoms with Crippen LogP contribution in [0.4, 0.5) is 5.69 Å². The number of nitrogens with two attached hydrogens (primary N) is 2. The van der Waals surface area contributed by atoms with Crippen LogP contribution in [0.5, 0.6) is 5.75 Å². The first-order valence-corrected chi connectivity index (χ1v) is 7.25. The zero-order valence-electron chi connectivity index (χ0n) is 11.9. The molecule has 1 heterocycles. The van der Waals surface area contributed by atoms with E-state index in [1.54, 1.807) is 22.9 Å². The molecule has 112 valence electrons. The Morgan fingerprint density at radius 1 is 1.48 bits per heavy atom. The van der Waals surface area contributed by atoms with Crippen LogP contribution in [-0.4, -0.2) is 15.7 Å². The fourth-order valence-corrected chi connectivity index (χ4v) is 2.72. The summed E-state index contributed by atoms with van der Waals surface area (Å²) in [5.74, 6) is -0.183. The number of aromatic nitrogens is 2. The van der Waals surface area contributed by atoms with E-state index >= 15 is 0 Å². The van der Waals surface area contributed by atoms with Gasteiger partial charge in [0.05, 0.1) is 21.4 Å². The molecule has 2 rings (SSSR count). The molecule has 1 amide bonds. The number of nitrogen functional groups attached to an aromatic ring is 1. The van der Waals surface area contributed by atoms with Crippen LogP contribution in [0.25, 0.3) is 0 Å². The summed E-state index contributed by atoms with van der Waals surface area (Å²) in [4.78, 5) is 11.4. The van der Waals surface area contributed by atoms with Gasteiger partial charge in [0.2, 0.25) is 0 Å². The lowest BCUT2D eigenvalue weighted by molar-refractivity contribution is 0.0996. The van der Waals surface area contributed by atoms with Crippen molar-refractivity contribution in [2.45, 2.75) is 20.0 Å². The lowest BCUT2D eigenvalue weighted by atomic mass is 10.1. The molecule has 4 N–H and O–H groups in total. The number of rotatable bonds is 5. The van der Waals surface area contributed by atoms with Crippen molar-refractivity contribution in [1.29, 1.82) is 0 Å². The maximum Gasteiger partial charge on any atom is 0.252 e. The van der Waals surface area contributed by atoms with Gasteiger partial charge in [-0.05, 0) is 34.5 Å². The average molecular weight is 353 g/mol. The van der Waals surface area contributed by atoms with Crippen molar-refractivity contribution in [3.63, 3.8) is 0 Å². The Bertz CT molecular complexity index is 682. The zero-order chi connectivity index (χ0) is 15.6. The molecule has 0 atom stereocenters. The largest absolute Gasteiger partial charge is 0.486 e. The number of hydrogen-bond donors (Lipinski definition) is 2. The molecule has 0 saturated heterocycles. The summed E-state index contributed by atoms with van der Waals surface area (Å²) < 4.78 is 8.38. The average Bonchev–Trinajstić information content (AvgIpc) is 2.71. The molecule has 0 saturated carbocycles. The minimum atomic E-state index is -0.552. The number of halogens is 1. The molecule has 0 aliphatic heterocycles. The Labute approximate surface area is 131 Å². The lowest BCUT2D eigenvalue weighted by Crippen LogP contribution is -2.14. The van der Waals surface area contributed by atoms with Gasteiger partial charge >= 0.3 is 0 Å². The van der Waals surface area contributed by atoms with E-state index in [1.165, 1.54) is 0 Å². The van der Waals surface area contributed by atoms with E-state index < -0.39 is 5.91 Å². The van der Waals surface area contributed by atoms with Gasteiger partial charge in [-0.3, -0.25) is 9.48 Å². The van der Waals surface area contributed by atoms with Crippen molar-refractivity contribution in [2.75, 3.05) is 5.73 Å². The molecule has 0 aliphatic carbocycles. The predicted molar refractivity (Wildman–Crippen MR) is 84.0 cm³/mol. The van der Waals surface area contributed by atoms with E-state index in [9.17, 15) is 4.79 Å². The number of benzene rings is 1. The van der Waals surface area contributed by atoms with Gasteiger partial charge in [0, 0.05) is 18.8 Å². The fourth-order valence-electron chi connectivity index (χ4n) is 1.98. The van der Waals surface area contributed by atoms with Crippen LogP contribution in [0, 0.1) is 0 Å². The van der Waals surface area contributed by atoms with Crippen molar-refractivity contribution in [2.24, 2.45) is 12.8 Å². The van der Waals surface area contributed by atoms with E-state index in [0.717, 1.165) is 22.3 Å². The second kappa shape index (κ2) is 6.17. The number of amides is 1. The van der Waals surface area contributed by atoms with Crippen LogP contribution in [0.1, 0.15) is 28.7 Å². The summed E-state index contributed by atoms with van der Waals surface area (Å²) in [6.45, 7) is 2.29. The van der Waals surface area contributed by atoms with Crippen LogP contribution in [0.3, 0.4) is 0 Å². The fraction of sp³-hybridized carbons (Fsp3) is 0.286. The van der Waals surface area contributed by atoms with Gasteiger partial charge in [-0.2, -0.15) is 5.10 Å². The van der Waals surface area contributed by atoms with E-state index in [4.69, 9.17) is 16.2 Å². The minimum Gasteiger partial charge on any atom is -0.486 e. The number of ether oxygens (including phenoxy) is 1. The Kier molecular flexibility index (Phi) is 4.52. The van der Waals surface area contributed by atoms with E-state index in [0.29, 0.717) is 17.0 Å². The highest BCUT2D eigenvalue weighted by atomic mass is 79.9. The number of nitrogens with zero attached hydrogens (tertiary/aromatic N) is 2. The van der Waals surface area contributed by atoms with Gasteiger partial charge in [0.25, 0.3) is 5.91 Å². The molecule has 2 aromatic rings. The van der Waals surface area contributed by atoms with Crippen molar-refractivity contribution in [3.8, 4) is 5.75 Å². The van der Waals surface area contributed by atoms with E-state index in [2.05, 4.69) is 21.0 Å². The minimum absolute atomic E-state index is 0.258. The number of anilines is 1. The first-order valence-electron chi connectivity index (χ1n) is 6.46. The first-order chi connectivity index (χ1) is 9.93. The Hall–Kier alpha value is -2.02. The number of aryl methyl sites for hydroxylation is 2. The third-order valence-electron chi connectivity index (χ3n) is 3.14. The van der Waals surface area contributed by atoms with Crippen LogP contribution in [0.15, 0.2) is 22.7 Å².